The fraction of sp³-hybridized carbons (Fsp3) is 0.318. The molecule has 3 rings (SSSR count). The van der Waals surface area contributed by atoms with Crippen molar-refractivity contribution in [1.29, 1.82) is 0 Å². The number of nitrogens with one attached hydrogen (secondary N) is 1. The van der Waals surface area contributed by atoms with Crippen LogP contribution in [0.3, 0.4) is 0 Å². The molecule has 0 aromatic heterocycles. The Balaban J connectivity index is 1.49. The van der Waals surface area contributed by atoms with Crippen LogP contribution in [0.4, 0.5) is 5.69 Å². The van der Waals surface area contributed by atoms with Crippen molar-refractivity contribution in [3.8, 4) is 0 Å². The molecule has 1 fully saturated rings. The maximum absolute atomic E-state index is 12.3. The van der Waals surface area contributed by atoms with Crippen LogP contribution in [0.1, 0.15) is 23.1 Å². The lowest BCUT2D eigenvalue weighted by Gasteiger charge is -2.16. The molecule has 1 atom stereocenters. The standard InChI is InChI=1S/C22H23ClN2O4/c1-14-3-6-16(7-4-14)11-25-12-17(9-21(25)27)22(28)29-13-20(26)24-19-10-18(23)8-5-15(19)2/h3-8,10,17H,9,11-13H2,1-2H3,(H,24,26)/t17-/m1/s1. The molecule has 1 N–H and O–H groups in total. The van der Waals surface area contributed by atoms with E-state index in [1.807, 2.05) is 38.1 Å². The first-order valence-corrected chi connectivity index (χ1v) is 9.75. The molecule has 1 aliphatic rings. The fourth-order valence-corrected chi connectivity index (χ4v) is 3.34. The summed E-state index contributed by atoms with van der Waals surface area (Å²) in [6.45, 7) is 4.18. The minimum Gasteiger partial charge on any atom is -0.455 e. The zero-order valence-corrected chi connectivity index (χ0v) is 17.2. The summed E-state index contributed by atoms with van der Waals surface area (Å²) >= 11 is 5.93. The molecule has 7 heteroatoms. The van der Waals surface area contributed by atoms with Crippen LogP contribution >= 0.6 is 11.6 Å². The molecule has 152 valence electrons. The summed E-state index contributed by atoms with van der Waals surface area (Å²) < 4.78 is 5.13. The van der Waals surface area contributed by atoms with Crippen molar-refractivity contribution >= 4 is 35.1 Å². The summed E-state index contributed by atoms with van der Waals surface area (Å²) in [7, 11) is 0. The number of esters is 1. The number of carbonyl (C=O) groups excluding carboxylic acids is 3. The van der Waals surface area contributed by atoms with Crippen molar-refractivity contribution in [3.05, 3.63) is 64.2 Å². The first-order valence-electron chi connectivity index (χ1n) is 9.38. The minimum atomic E-state index is -0.561. The molecule has 0 spiro atoms. The van der Waals surface area contributed by atoms with Crippen LogP contribution in [0, 0.1) is 19.8 Å². The molecule has 6 nitrogen and oxygen atoms in total. The topological polar surface area (TPSA) is 75.7 Å². The van der Waals surface area contributed by atoms with Gasteiger partial charge in [0.05, 0.1) is 5.92 Å². The van der Waals surface area contributed by atoms with Crippen LogP contribution < -0.4 is 5.32 Å². The van der Waals surface area contributed by atoms with Gasteiger partial charge in [-0.05, 0) is 37.1 Å². The number of benzene rings is 2. The molecule has 2 aromatic rings. The predicted octanol–water partition coefficient (Wildman–Crippen LogP) is 3.49. The summed E-state index contributed by atoms with van der Waals surface area (Å²) in [5.41, 5.74) is 3.57. The number of hydrogen-bond donors (Lipinski definition) is 1. The van der Waals surface area contributed by atoms with Crippen molar-refractivity contribution in [2.24, 2.45) is 5.92 Å². The maximum Gasteiger partial charge on any atom is 0.311 e. The number of nitrogens with zero attached hydrogens (tertiary/aromatic N) is 1. The first kappa shape index (κ1) is 20.9. The molecule has 0 saturated carbocycles. The van der Waals surface area contributed by atoms with Gasteiger partial charge in [-0.2, -0.15) is 0 Å². The van der Waals surface area contributed by atoms with Crippen LogP contribution in [0.15, 0.2) is 42.5 Å². The highest BCUT2D eigenvalue weighted by molar-refractivity contribution is 6.31. The van der Waals surface area contributed by atoms with Crippen molar-refractivity contribution in [3.63, 3.8) is 0 Å². The first-order chi connectivity index (χ1) is 13.8. The van der Waals surface area contributed by atoms with Gasteiger partial charge < -0.3 is 15.0 Å². The molecular weight excluding hydrogens is 392 g/mol. The lowest BCUT2D eigenvalue weighted by Crippen LogP contribution is -2.28. The molecule has 2 amide bonds. The van der Waals surface area contributed by atoms with Crippen molar-refractivity contribution in [2.45, 2.75) is 26.8 Å². The zero-order chi connectivity index (χ0) is 21.0. The van der Waals surface area contributed by atoms with Gasteiger partial charge in [0.15, 0.2) is 6.61 Å². The number of amides is 2. The Morgan fingerprint density at radius 1 is 1.17 bits per heavy atom. The van der Waals surface area contributed by atoms with Gasteiger partial charge in [-0.3, -0.25) is 14.4 Å². The van der Waals surface area contributed by atoms with E-state index >= 15 is 0 Å². The number of carbonyl (C=O) groups is 3. The maximum atomic E-state index is 12.3. The van der Waals surface area contributed by atoms with Gasteiger partial charge in [-0.1, -0.05) is 47.5 Å². The lowest BCUT2D eigenvalue weighted by molar-refractivity contribution is -0.151. The average Bonchev–Trinajstić information content (AvgIpc) is 3.05. The Hall–Kier alpha value is -2.86. The number of ether oxygens (including phenoxy) is 1. The Labute approximate surface area is 174 Å². The summed E-state index contributed by atoms with van der Waals surface area (Å²) in [5, 5.41) is 3.17. The predicted molar refractivity (Wildman–Crippen MR) is 110 cm³/mol. The van der Waals surface area contributed by atoms with Crippen LogP contribution in [0.2, 0.25) is 5.02 Å². The van der Waals surface area contributed by atoms with Crippen LogP contribution in [0.25, 0.3) is 0 Å². The smallest absolute Gasteiger partial charge is 0.311 e. The lowest BCUT2D eigenvalue weighted by atomic mass is 10.1. The van der Waals surface area contributed by atoms with Gasteiger partial charge in [0.25, 0.3) is 5.91 Å². The van der Waals surface area contributed by atoms with Crippen molar-refractivity contribution in [2.75, 3.05) is 18.5 Å². The number of likely N-dealkylation sites (tertiary alicyclic amines) is 1. The molecule has 1 heterocycles. The van der Waals surface area contributed by atoms with Crippen LogP contribution in [-0.4, -0.2) is 35.8 Å². The summed E-state index contributed by atoms with van der Waals surface area (Å²) in [4.78, 5) is 38.3. The molecular formula is C22H23ClN2O4. The Morgan fingerprint density at radius 3 is 2.62 bits per heavy atom. The van der Waals surface area contributed by atoms with Gasteiger partial charge in [0, 0.05) is 30.2 Å². The van der Waals surface area contributed by atoms with E-state index in [1.165, 1.54) is 0 Å². The summed E-state index contributed by atoms with van der Waals surface area (Å²) in [6, 6.07) is 13.1. The van der Waals surface area contributed by atoms with Crippen molar-refractivity contribution in [1.82, 2.24) is 4.90 Å². The molecule has 1 saturated heterocycles. The second-order valence-corrected chi connectivity index (χ2v) is 7.71. The van der Waals surface area contributed by atoms with Crippen LogP contribution in [0.5, 0.6) is 0 Å². The van der Waals surface area contributed by atoms with Gasteiger partial charge in [0.1, 0.15) is 0 Å². The highest BCUT2D eigenvalue weighted by Crippen LogP contribution is 2.22. The molecule has 29 heavy (non-hydrogen) atoms. The summed E-state index contributed by atoms with van der Waals surface area (Å²) in [5.74, 6) is -1.65. The Kier molecular flexibility index (Phi) is 6.54. The molecule has 0 aliphatic carbocycles. The summed E-state index contributed by atoms with van der Waals surface area (Å²) in [6.07, 6.45) is 0.0969. The van der Waals surface area contributed by atoms with E-state index in [4.69, 9.17) is 16.3 Å². The number of rotatable bonds is 6. The second kappa shape index (κ2) is 9.09. The third kappa shape index (κ3) is 5.57. The number of halogens is 1. The Morgan fingerprint density at radius 2 is 1.90 bits per heavy atom. The normalized spacial score (nSPS) is 16.0. The van der Waals surface area contributed by atoms with Gasteiger partial charge in [0.2, 0.25) is 5.91 Å². The fourth-order valence-electron chi connectivity index (χ4n) is 3.17. The number of hydrogen-bond acceptors (Lipinski definition) is 4. The monoisotopic (exact) mass is 414 g/mol. The quantitative estimate of drug-likeness (QED) is 0.734. The van der Waals surface area contributed by atoms with Crippen molar-refractivity contribution < 1.29 is 19.1 Å². The highest BCUT2D eigenvalue weighted by atomic mass is 35.5. The highest BCUT2D eigenvalue weighted by Gasteiger charge is 2.35. The van der Waals surface area contributed by atoms with E-state index in [-0.39, 0.29) is 12.3 Å². The molecule has 0 unspecified atom stereocenters. The third-order valence-electron chi connectivity index (χ3n) is 4.86. The van der Waals surface area contributed by atoms with Gasteiger partial charge in [-0.15, -0.1) is 0 Å². The third-order valence-corrected chi connectivity index (χ3v) is 5.10. The largest absolute Gasteiger partial charge is 0.455 e. The molecule has 2 aromatic carbocycles. The second-order valence-electron chi connectivity index (χ2n) is 7.28. The van der Waals surface area contributed by atoms with Gasteiger partial charge in [-0.25, -0.2) is 0 Å². The average molecular weight is 415 g/mol. The van der Waals surface area contributed by atoms with Gasteiger partial charge >= 0.3 is 5.97 Å². The molecule has 1 aliphatic heterocycles. The number of aryl methyl sites for hydroxylation is 2. The SMILES string of the molecule is Cc1ccc(CN2C[C@H](C(=O)OCC(=O)Nc3cc(Cl)ccc3C)CC2=O)cc1. The van der Waals surface area contributed by atoms with E-state index in [0.29, 0.717) is 23.8 Å². The molecule has 0 radical (unpaired) electrons. The van der Waals surface area contributed by atoms with E-state index < -0.39 is 24.4 Å². The van der Waals surface area contributed by atoms with E-state index in [9.17, 15) is 14.4 Å². The zero-order valence-electron chi connectivity index (χ0n) is 16.4. The van der Waals surface area contributed by atoms with Crippen LogP contribution in [-0.2, 0) is 25.7 Å². The minimum absolute atomic E-state index is 0.0912. The van der Waals surface area contributed by atoms with E-state index in [1.54, 1.807) is 23.1 Å². The Bertz CT molecular complexity index is 927. The van der Waals surface area contributed by atoms with E-state index in [2.05, 4.69) is 5.32 Å². The molecule has 0 bridgehead atoms. The van der Waals surface area contributed by atoms with E-state index in [0.717, 1.165) is 16.7 Å². The number of anilines is 1.